The van der Waals surface area contributed by atoms with E-state index in [-0.39, 0.29) is 25.4 Å². The topological polar surface area (TPSA) is 86.6 Å². The SMILES string of the molecule is Nc1ccccc1P(=O)(OCC1CO1)OCC1CO1. The summed E-state index contributed by atoms with van der Waals surface area (Å²) in [5, 5.41) is 0.399. The van der Waals surface area contributed by atoms with E-state index in [0.717, 1.165) is 0 Å². The van der Waals surface area contributed by atoms with Crippen molar-refractivity contribution in [1.29, 1.82) is 0 Å². The van der Waals surface area contributed by atoms with Gasteiger partial charge in [-0.05, 0) is 12.1 Å². The molecule has 0 amide bonds. The Balaban J connectivity index is 1.76. The third kappa shape index (κ3) is 3.35. The Morgan fingerprint density at radius 3 is 2.16 bits per heavy atom. The molecule has 7 heteroatoms. The highest BCUT2D eigenvalue weighted by Crippen LogP contribution is 2.49. The predicted molar refractivity (Wildman–Crippen MR) is 69.5 cm³/mol. The Bertz CT molecular complexity index is 481. The number of epoxide rings is 2. The molecule has 2 heterocycles. The van der Waals surface area contributed by atoms with E-state index in [1.807, 2.05) is 0 Å². The lowest BCUT2D eigenvalue weighted by Crippen LogP contribution is -2.17. The molecule has 3 rings (SSSR count). The predicted octanol–water partition coefficient (Wildman–Crippen LogP) is 0.918. The van der Waals surface area contributed by atoms with Crippen LogP contribution in [-0.4, -0.2) is 38.6 Å². The Hall–Kier alpha value is -0.910. The average Bonchev–Trinajstić information content (AvgIpc) is 3.29. The van der Waals surface area contributed by atoms with Gasteiger partial charge in [-0.3, -0.25) is 4.57 Å². The van der Waals surface area contributed by atoms with E-state index in [9.17, 15) is 4.57 Å². The van der Waals surface area contributed by atoms with Gasteiger partial charge in [0.25, 0.3) is 0 Å². The molecule has 2 aliphatic rings. The van der Waals surface area contributed by atoms with Crippen LogP contribution in [0.3, 0.4) is 0 Å². The first-order valence-electron chi connectivity index (χ1n) is 6.15. The molecule has 2 atom stereocenters. The second-order valence-electron chi connectivity index (χ2n) is 4.56. The van der Waals surface area contributed by atoms with Crippen molar-refractivity contribution in [3.8, 4) is 0 Å². The van der Waals surface area contributed by atoms with Crippen molar-refractivity contribution < 1.29 is 23.1 Å². The fourth-order valence-electron chi connectivity index (χ4n) is 1.60. The summed E-state index contributed by atoms with van der Waals surface area (Å²) < 4.78 is 33.9. The fourth-order valence-corrected chi connectivity index (χ4v) is 3.34. The third-order valence-electron chi connectivity index (χ3n) is 2.90. The van der Waals surface area contributed by atoms with Crippen LogP contribution < -0.4 is 11.0 Å². The second-order valence-corrected chi connectivity index (χ2v) is 6.55. The summed E-state index contributed by atoms with van der Waals surface area (Å²) in [4.78, 5) is 0. The van der Waals surface area contributed by atoms with Crippen LogP contribution in [0.1, 0.15) is 0 Å². The standard InChI is InChI=1S/C12H16NO5P/c13-11-3-1-2-4-12(11)19(14,17-7-9-5-15-9)18-8-10-6-16-10/h1-4,9-10H,5-8,13H2. The lowest BCUT2D eigenvalue weighted by Gasteiger charge is -2.19. The maximum absolute atomic E-state index is 12.9. The zero-order valence-electron chi connectivity index (χ0n) is 10.4. The molecule has 2 saturated heterocycles. The van der Waals surface area contributed by atoms with Crippen LogP contribution in [0, 0.1) is 0 Å². The summed E-state index contributed by atoms with van der Waals surface area (Å²) in [6.45, 7) is 1.76. The highest BCUT2D eigenvalue weighted by atomic mass is 31.2. The monoisotopic (exact) mass is 285 g/mol. The Morgan fingerprint density at radius 2 is 1.68 bits per heavy atom. The first-order valence-corrected chi connectivity index (χ1v) is 7.69. The normalized spacial score (nSPS) is 27.8. The lowest BCUT2D eigenvalue weighted by atomic mass is 10.3. The van der Waals surface area contributed by atoms with Crippen LogP contribution in [0.15, 0.2) is 24.3 Å². The van der Waals surface area contributed by atoms with Gasteiger partial charge in [-0.25, -0.2) is 0 Å². The number of hydrogen-bond donors (Lipinski definition) is 1. The molecule has 0 spiro atoms. The zero-order valence-corrected chi connectivity index (χ0v) is 11.3. The molecule has 6 nitrogen and oxygen atoms in total. The minimum Gasteiger partial charge on any atom is -0.398 e. The average molecular weight is 285 g/mol. The van der Waals surface area contributed by atoms with Gasteiger partial charge in [-0.1, -0.05) is 12.1 Å². The van der Waals surface area contributed by atoms with Gasteiger partial charge in [0, 0.05) is 5.69 Å². The van der Waals surface area contributed by atoms with E-state index < -0.39 is 7.60 Å². The van der Waals surface area contributed by atoms with Crippen molar-refractivity contribution in [2.45, 2.75) is 12.2 Å². The molecule has 2 N–H and O–H groups in total. The molecule has 104 valence electrons. The maximum atomic E-state index is 12.9. The number of nitrogen functional groups attached to an aromatic ring is 1. The summed E-state index contributed by atoms with van der Waals surface area (Å²) in [6, 6.07) is 6.87. The molecule has 0 bridgehead atoms. The van der Waals surface area contributed by atoms with E-state index >= 15 is 0 Å². The van der Waals surface area contributed by atoms with Crippen molar-refractivity contribution in [3.63, 3.8) is 0 Å². The molecular weight excluding hydrogens is 269 g/mol. The van der Waals surface area contributed by atoms with E-state index in [0.29, 0.717) is 24.2 Å². The fraction of sp³-hybridized carbons (Fsp3) is 0.500. The number of rotatable bonds is 7. The van der Waals surface area contributed by atoms with Gasteiger partial charge < -0.3 is 24.3 Å². The number of benzene rings is 1. The number of ether oxygens (including phenoxy) is 2. The van der Waals surface area contributed by atoms with Gasteiger partial charge in [0.05, 0.1) is 31.7 Å². The number of hydrogen-bond acceptors (Lipinski definition) is 6. The second kappa shape index (κ2) is 5.23. The molecule has 19 heavy (non-hydrogen) atoms. The summed E-state index contributed by atoms with van der Waals surface area (Å²) in [5.41, 5.74) is 6.26. The zero-order chi connectivity index (χ0) is 13.3. The highest BCUT2D eigenvalue weighted by Gasteiger charge is 2.36. The lowest BCUT2D eigenvalue weighted by molar-refractivity contribution is 0.184. The van der Waals surface area contributed by atoms with Crippen molar-refractivity contribution in [3.05, 3.63) is 24.3 Å². The van der Waals surface area contributed by atoms with E-state index in [1.54, 1.807) is 24.3 Å². The molecule has 0 aliphatic carbocycles. The summed E-state index contributed by atoms with van der Waals surface area (Å²) >= 11 is 0. The Kier molecular flexibility index (Phi) is 3.60. The number of nitrogens with two attached hydrogens (primary N) is 1. The minimum atomic E-state index is -3.42. The molecule has 2 fully saturated rings. The first-order chi connectivity index (χ1) is 9.17. The quantitative estimate of drug-likeness (QED) is 0.455. The smallest absolute Gasteiger partial charge is 0.363 e. The largest absolute Gasteiger partial charge is 0.398 e. The molecule has 0 radical (unpaired) electrons. The van der Waals surface area contributed by atoms with Gasteiger partial charge in [0.2, 0.25) is 0 Å². The third-order valence-corrected chi connectivity index (χ3v) is 4.87. The number of para-hydroxylation sites is 1. The van der Waals surface area contributed by atoms with Gasteiger partial charge in [-0.2, -0.15) is 0 Å². The van der Waals surface area contributed by atoms with Crippen molar-refractivity contribution in [2.24, 2.45) is 0 Å². The summed E-state index contributed by atoms with van der Waals surface area (Å²) in [7, 11) is -3.42. The van der Waals surface area contributed by atoms with Crippen LogP contribution in [0.25, 0.3) is 0 Å². The van der Waals surface area contributed by atoms with E-state index in [1.165, 1.54) is 0 Å². The minimum absolute atomic E-state index is 0.0130. The van der Waals surface area contributed by atoms with Crippen LogP contribution >= 0.6 is 7.60 Å². The van der Waals surface area contributed by atoms with Crippen molar-refractivity contribution in [1.82, 2.24) is 0 Å². The van der Waals surface area contributed by atoms with E-state index in [2.05, 4.69) is 0 Å². The van der Waals surface area contributed by atoms with Gasteiger partial charge in [0.1, 0.15) is 12.2 Å². The number of anilines is 1. The van der Waals surface area contributed by atoms with Crippen LogP contribution in [0.2, 0.25) is 0 Å². The highest BCUT2D eigenvalue weighted by molar-refractivity contribution is 7.62. The van der Waals surface area contributed by atoms with Crippen molar-refractivity contribution >= 4 is 18.6 Å². The van der Waals surface area contributed by atoms with Gasteiger partial charge in [0.15, 0.2) is 0 Å². The molecule has 1 aromatic rings. The summed E-state index contributed by atoms with van der Waals surface area (Å²) in [6.07, 6.45) is 0.0260. The van der Waals surface area contributed by atoms with Gasteiger partial charge in [-0.15, -0.1) is 0 Å². The molecule has 2 aliphatic heterocycles. The van der Waals surface area contributed by atoms with E-state index in [4.69, 9.17) is 24.3 Å². The van der Waals surface area contributed by atoms with Crippen LogP contribution in [-0.2, 0) is 23.1 Å². The molecular formula is C12H16NO5P. The van der Waals surface area contributed by atoms with Crippen LogP contribution in [0.4, 0.5) is 5.69 Å². The Morgan fingerprint density at radius 1 is 1.16 bits per heavy atom. The molecule has 2 unspecified atom stereocenters. The van der Waals surface area contributed by atoms with Gasteiger partial charge >= 0.3 is 7.60 Å². The first kappa shape index (κ1) is 13.1. The maximum Gasteiger partial charge on any atom is 0.363 e. The van der Waals surface area contributed by atoms with Crippen LogP contribution in [0.5, 0.6) is 0 Å². The molecule has 1 aromatic carbocycles. The van der Waals surface area contributed by atoms with Crippen molar-refractivity contribution in [2.75, 3.05) is 32.2 Å². The molecule has 0 saturated carbocycles. The Labute approximate surface area is 111 Å². The summed E-state index contributed by atoms with van der Waals surface area (Å²) in [5.74, 6) is 0. The molecule has 0 aromatic heterocycles.